The van der Waals surface area contributed by atoms with E-state index >= 15 is 0 Å². The van der Waals surface area contributed by atoms with Crippen LogP contribution in [0.3, 0.4) is 0 Å². The predicted octanol–water partition coefficient (Wildman–Crippen LogP) is 0.292. The van der Waals surface area contributed by atoms with Crippen LogP contribution in [0.25, 0.3) is 12.3 Å². The second kappa shape index (κ2) is 23.4. The van der Waals surface area contributed by atoms with Crippen LogP contribution in [0, 0.1) is 0 Å². The summed E-state index contributed by atoms with van der Waals surface area (Å²) in [6, 6.07) is 0. The molecule has 0 fully saturated rings. The summed E-state index contributed by atoms with van der Waals surface area (Å²) in [5.74, 6) is 0. The van der Waals surface area contributed by atoms with Gasteiger partial charge in [-0.2, -0.15) is 0 Å². The van der Waals surface area contributed by atoms with Crippen LogP contribution in [0.15, 0.2) is 0 Å². The number of hydrogen-bond acceptors (Lipinski definition) is 0. The van der Waals surface area contributed by atoms with Crippen LogP contribution in [0.5, 0.6) is 0 Å². The third-order valence-corrected chi connectivity index (χ3v) is 0. The first-order chi connectivity index (χ1) is 0. The van der Waals surface area contributed by atoms with Crippen molar-refractivity contribution in [3.8, 4) is 0 Å². The molecule has 0 saturated heterocycles. The molecule has 0 aromatic rings. The molecular weight excluding hydrogens is 440 g/mol. The van der Waals surface area contributed by atoms with Crippen molar-refractivity contribution < 1.29 is 0 Å². The van der Waals surface area contributed by atoms with Gasteiger partial charge in [0.1, 0.15) is 0 Å². The Balaban J connectivity index is 0. The molecule has 4 N–H and O–H groups in total. The van der Waals surface area contributed by atoms with E-state index in [1.807, 2.05) is 0 Å². The second-order valence-corrected chi connectivity index (χ2v) is 0. The van der Waals surface area contributed by atoms with Crippen molar-refractivity contribution in [3.63, 3.8) is 0 Å². The standard InChI is InChI=1S/3Ba.2H2N/h;;;2*1H2/q;;+2;2*-1. The molecule has 0 aromatic carbocycles. The third-order valence-electron chi connectivity index (χ3n) is 0. The molecule has 0 heterocycles. The van der Waals surface area contributed by atoms with E-state index in [0.717, 1.165) is 0 Å². The van der Waals surface area contributed by atoms with Gasteiger partial charge in [-0.15, -0.1) is 0 Å². The SMILES string of the molecule is [Ba+2].[Ba].[Ba].[NH2-].[NH2-]. The molecule has 0 saturated carbocycles. The maximum atomic E-state index is 0. The fourth-order valence-corrected chi connectivity index (χ4v) is 0. The van der Waals surface area contributed by atoms with E-state index in [0.29, 0.717) is 0 Å². The summed E-state index contributed by atoms with van der Waals surface area (Å²) < 4.78 is 0. The molecule has 4 radical (unpaired) electrons. The largest absolute Gasteiger partial charge is 2.00 e. The first kappa shape index (κ1) is 33.4. The summed E-state index contributed by atoms with van der Waals surface area (Å²) in [5, 5.41) is 0. The molecule has 0 atom stereocenters. The molecular formula is H4Ba3N2. The predicted molar refractivity (Wildman–Crippen MR) is 27.8 cm³/mol. The van der Waals surface area contributed by atoms with Gasteiger partial charge in [0.05, 0.1) is 0 Å². The number of hydrogen-bond donors (Lipinski definition) is 0. The van der Waals surface area contributed by atoms with Crippen molar-refractivity contribution in [1.29, 1.82) is 0 Å². The summed E-state index contributed by atoms with van der Waals surface area (Å²) in [4.78, 5) is 0. The maximum absolute atomic E-state index is 0. The van der Waals surface area contributed by atoms with Gasteiger partial charge in [0.25, 0.3) is 0 Å². The molecule has 0 rings (SSSR count). The Labute approximate surface area is 153 Å². The third kappa shape index (κ3) is 17.7. The minimum Gasteiger partial charge on any atom is -0.693 e. The van der Waals surface area contributed by atoms with Gasteiger partial charge >= 0.3 is 48.9 Å². The van der Waals surface area contributed by atoms with E-state index in [4.69, 9.17) is 0 Å². The zero-order valence-electron chi connectivity index (χ0n) is 3.28. The van der Waals surface area contributed by atoms with E-state index in [-0.39, 0.29) is 159 Å². The normalized spacial score (nSPS) is 0. The Morgan fingerprint density at radius 1 is 0.600 bits per heavy atom. The average molecular weight is 444 g/mol. The Morgan fingerprint density at radius 2 is 0.600 bits per heavy atom. The quantitative estimate of drug-likeness (QED) is 0.483. The summed E-state index contributed by atoms with van der Waals surface area (Å²) in [6.07, 6.45) is 0. The first-order valence-electron chi connectivity index (χ1n) is 0. The molecule has 0 aliphatic heterocycles. The van der Waals surface area contributed by atoms with Crippen molar-refractivity contribution in [3.05, 3.63) is 12.3 Å². The molecule has 20 valence electrons. The van der Waals surface area contributed by atoms with Gasteiger partial charge in [0.2, 0.25) is 0 Å². The van der Waals surface area contributed by atoms with Crippen molar-refractivity contribution in [2.45, 2.75) is 0 Å². The van der Waals surface area contributed by atoms with Crippen LogP contribution in [-0.2, 0) is 0 Å². The molecule has 0 bridgehead atoms. The van der Waals surface area contributed by atoms with Gasteiger partial charge in [0, 0.05) is 97.8 Å². The fraction of sp³-hybridized carbons (Fsp3) is 0. The van der Waals surface area contributed by atoms with Gasteiger partial charge in [0.15, 0.2) is 0 Å². The van der Waals surface area contributed by atoms with Crippen LogP contribution in [0.4, 0.5) is 0 Å². The second-order valence-electron chi connectivity index (χ2n) is 0. The summed E-state index contributed by atoms with van der Waals surface area (Å²) in [7, 11) is 0. The molecule has 5 heteroatoms. The van der Waals surface area contributed by atoms with Gasteiger partial charge in [-0.3, -0.25) is 0 Å². The topological polar surface area (TPSA) is 67.0 Å². The minimum atomic E-state index is 0. The van der Waals surface area contributed by atoms with Crippen molar-refractivity contribution >= 4 is 147 Å². The molecule has 0 amide bonds. The van der Waals surface area contributed by atoms with Crippen LogP contribution >= 0.6 is 0 Å². The van der Waals surface area contributed by atoms with E-state index in [9.17, 15) is 0 Å². The molecule has 0 spiro atoms. The van der Waals surface area contributed by atoms with E-state index in [1.165, 1.54) is 0 Å². The molecule has 0 aromatic heterocycles. The summed E-state index contributed by atoms with van der Waals surface area (Å²) in [6.45, 7) is 0. The van der Waals surface area contributed by atoms with Crippen LogP contribution in [0.1, 0.15) is 0 Å². The van der Waals surface area contributed by atoms with Gasteiger partial charge in [-0.05, 0) is 0 Å². The van der Waals surface area contributed by atoms with Crippen molar-refractivity contribution in [2.75, 3.05) is 0 Å². The summed E-state index contributed by atoms with van der Waals surface area (Å²) in [5.41, 5.74) is 0. The Morgan fingerprint density at radius 3 is 0.600 bits per heavy atom. The number of rotatable bonds is 0. The monoisotopic (exact) mass is 446 g/mol. The zero-order chi connectivity index (χ0) is 0. The number of nitrogens with two attached hydrogens (primary N) is 2. The Bertz CT molecular complexity index is 4.85. The van der Waals surface area contributed by atoms with Crippen LogP contribution in [-0.4, -0.2) is 147 Å². The van der Waals surface area contributed by atoms with Gasteiger partial charge in [-0.25, -0.2) is 0 Å². The maximum Gasteiger partial charge on any atom is 2.00 e. The fourth-order valence-electron chi connectivity index (χ4n) is 0. The van der Waals surface area contributed by atoms with Crippen LogP contribution < -0.4 is 0 Å². The first-order valence-corrected chi connectivity index (χ1v) is 0. The Kier molecular flexibility index (Phi) is 157. The van der Waals surface area contributed by atoms with Crippen LogP contribution in [0.2, 0.25) is 0 Å². The molecule has 5 heavy (non-hydrogen) atoms. The molecule has 2 nitrogen and oxygen atoms in total. The van der Waals surface area contributed by atoms with E-state index in [2.05, 4.69) is 0 Å². The zero-order valence-corrected chi connectivity index (χ0v) is 16.6. The van der Waals surface area contributed by atoms with Gasteiger partial charge < -0.3 is 12.3 Å². The molecule has 0 aliphatic rings. The minimum absolute atomic E-state index is 0. The smallest absolute Gasteiger partial charge is 0.693 e. The molecule has 0 unspecified atom stereocenters. The van der Waals surface area contributed by atoms with E-state index in [1.54, 1.807) is 0 Å². The van der Waals surface area contributed by atoms with E-state index < -0.39 is 0 Å². The van der Waals surface area contributed by atoms with Gasteiger partial charge in [-0.1, -0.05) is 0 Å². The van der Waals surface area contributed by atoms with Crippen molar-refractivity contribution in [1.82, 2.24) is 0 Å². The molecule has 0 aliphatic carbocycles. The van der Waals surface area contributed by atoms with Crippen molar-refractivity contribution in [2.24, 2.45) is 0 Å². The Hall–Kier alpha value is 4.63. The summed E-state index contributed by atoms with van der Waals surface area (Å²) >= 11 is 0. The average Bonchev–Trinajstić information content (AvgIpc) is 0.